The summed E-state index contributed by atoms with van der Waals surface area (Å²) in [6.07, 6.45) is 0.712. The van der Waals surface area contributed by atoms with Gasteiger partial charge in [-0.05, 0) is 74.4 Å². The number of carbonyl (C=O) groups is 2. The molecule has 3 aromatic carbocycles. The maximum atomic E-state index is 13.8. The van der Waals surface area contributed by atoms with Crippen LogP contribution >= 0.6 is 0 Å². The molecule has 3 rings (SSSR count). The smallest absolute Gasteiger partial charge is 0.264 e. The minimum Gasteiger partial charge on any atom is -0.497 e. The Hall–Kier alpha value is -3.92. The highest BCUT2D eigenvalue weighted by Crippen LogP contribution is 2.26. The largest absolute Gasteiger partial charge is 0.497 e. The second-order valence-corrected chi connectivity index (χ2v) is 11.0. The van der Waals surface area contributed by atoms with Crippen LogP contribution in [0.4, 0.5) is 10.1 Å². The summed E-state index contributed by atoms with van der Waals surface area (Å²) < 4.78 is 47.3. The SMILES string of the molecule is CC[C@@H](C)NC(=O)[C@@H](C)N(Cc1ccccc1)C(=O)CN(c1ccc(F)cc1)S(=O)(=O)c1ccc(OC)cc1. The zero-order valence-electron chi connectivity index (χ0n) is 22.5. The molecular weight excluding hydrogens is 521 g/mol. The van der Waals surface area contributed by atoms with Crippen LogP contribution in [-0.4, -0.2) is 50.9 Å². The van der Waals surface area contributed by atoms with Crippen LogP contribution < -0.4 is 14.4 Å². The molecule has 0 radical (unpaired) electrons. The number of methoxy groups -OCH3 is 1. The quantitative estimate of drug-likeness (QED) is 0.358. The fourth-order valence-electron chi connectivity index (χ4n) is 3.84. The lowest BCUT2D eigenvalue weighted by Gasteiger charge is -2.32. The lowest BCUT2D eigenvalue weighted by atomic mass is 10.1. The molecule has 0 aromatic heterocycles. The van der Waals surface area contributed by atoms with Crippen molar-refractivity contribution in [3.63, 3.8) is 0 Å². The van der Waals surface area contributed by atoms with Crippen molar-refractivity contribution in [2.45, 2.75) is 50.7 Å². The number of sulfonamides is 1. The lowest BCUT2D eigenvalue weighted by molar-refractivity contribution is -0.139. The normalized spacial score (nSPS) is 12.7. The third-order valence-electron chi connectivity index (χ3n) is 6.40. The lowest BCUT2D eigenvalue weighted by Crippen LogP contribution is -2.52. The van der Waals surface area contributed by atoms with Crippen LogP contribution in [0.3, 0.4) is 0 Å². The van der Waals surface area contributed by atoms with Gasteiger partial charge in [-0.25, -0.2) is 12.8 Å². The Kier molecular flexibility index (Phi) is 10.1. The molecule has 39 heavy (non-hydrogen) atoms. The van der Waals surface area contributed by atoms with Crippen molar-refractivity contribution in [2.75, 3.05) is 18.0 Å². The standard InChI is InChI=1S/C29H34FN3O5S/c1-5-21(2)31-29(35)22(3)32(19-23-9-7-6-8-10-23)28(34)20-33(25-13-11-24(30)12-14-25)39(36,37)27-17-15-26(38-4)16-18-27/h6-18,21-22H,5,19-20H2,1-4H3,(H,31,35)/t21-,22-/m1/s1. The van der Waals surface area contributed by atoms with Crippen LogP contribution in [0.5, 0.6) is 5.75 Å². The van der Waals surface area contributed by atoms with Gasteiger partial charge in [0.15, 0.2) is 0 Å². The maximum absolute atomic E-state index is 13.8. The minimum absolute atomic E-state index is 0.0717. The molecule has 0 aliphatic carbocycles. The first-order valence-corrected chi connectivity index (χ1v) is 14.1. The number of nitrogens with one attached hydrogen (secondary N) is 1. The van der Waals surface area contributed by atoms with Gasteiger partial charge in [0, 0.05) is 12.6 Å². The molecule has 0 spiro atoms. The molecule has 0 saturated carbocycles. The monoisotopic (exact) mass is 555 g/mol. The van der Waals surface area contributed by atoms with Crippen LogP contribution in [0.15, 0.2) is 83.8 Å². The third-order valence-corrected chi connectivity index (χ3v) is 8.19. The fraction of sp³-hybridized carbons (Fsp3) is 0.310. The van der Waals surface area contributed by atoms with E-state index in [0.29, 0.717) is 12.2 Å². The van der Waals surface area contributed by atoms with Crippen LogP contribution in [0.25, 0.3) is 0 Å². The molecular formula is C29H34FN3O5S. The van der Waals surface area contributed by atoms with Crippen molar-refractivity contribution in [3.05, 3.63) is 90.2 Å². The van der Waals surface area contributed by atoms with E-state index < -0.39 is 34.3 Å². The molecule has 0 heterocycles. The predicted octanol–water partition coefficient (Wildman–Crippen LogP) is 4.36. The number of nitrogens with zero attached hydrogens (tertiary/aromatic N) is 2. The van der Waals surface area contributed by atoms with Crippen molar-refractivity contribution in [2.24, 2.45) is 0 Å². The number of benzene rings is 3. The number of rotatable bonds is 12. The third kappa shape index (κ3) is 7.57. The Labute approximate surface area is 229 Å². The summed E-state index contributed by atoms with van der Waals surface area (Å²) in [7, 11) is -2.79. The van der Waals surface area contributed by atoms with Crippen LogP contribution in [0.2, 0.25) is 0 Å². The van der Waals surface area contributed by atoms with E-state index in [1.54, 1.807) is 6.92 Å². The van der Waals surface area contributed by atoms with E-state index in [9.17, 15) is 22.4 Å². The molecule has 0 saturated heterocycles. The first-order chi connectivity index (χ1) is 18.6. The van der Waals surface area contributed by atoms with Gasteiger partial charge in [0.25, 0.3) is 10.0 Å². The number of ether oxygens (including phenoxy) is 1. The Morgan fingerprint density at radius 1 is 0.949 bits per heavy atom. The van der Waals surface area contributed by atoms with Gasteiger partial charge in [0.05, 0.1) is 17.7 Å². The number of carbonyl (C=O) groups excluding carboxylic acids is 2. The number of amides is 2. The molecule has 208 valence electrons. The second kappa shape index (κ2) is 13.2. The van der Waals surface area contributed by atoms with E-state index in [0.717, 1.165) is 22.0 Å². The molecule has 1 N–H and O–H groups in total. The van der Waals surface area contributed by atoms with Crippen molar-refractivity contribution in [1.29, 1.82) is 0 Å². The van der Waals surface area contributed by atoms with E-state index in [1.165, 1.54) is 48.4 Å². The molecule has 0 bridgehead atoms. The van der Waals surface area contributed by atoms with Gasteiger partial charge in [-0.15, -0.1) is 0 Å². The topological polar surface area (TPSA) is 96.0 Å². The number of halogens is 1. The molecule has 0 fully saturated rings. The highest BCUT2D eigenvalue weighted by atomic mass is 32.2. The van der Waals surface area contributed by atoms with E-state index >= 15 is 0 Å². The Morgan fingerprint density at radius 2 is 1.56 bits per heavy atom. The summed E-state index contributed by atoms with van der Waals surface area (Å²) in [5.41, 5.74) is 0.886. The molecule has 2 atom stereocenters. The first kappa shape index (κ1) is 29.6. The molecule has 0 unspecified atom stereocenters. The molecule has 8 nitrogen and oxygen atoms in total. The van der Waals surface area contributed by atoms with Gasteiger partial charge in [-0.1, -0.05) is 37.3 Å². The molecule has 3 aromatic rings. The highest BCUT2D eigenvalue weighted by Gasteiger charge is 2.32. The predicted molar refractivity (Wildman–Crippen MR) is 148 cm³/mol. The summed E-state index contributed by atoms with van der Waals surface area (Å²) in [6.45, 7) is 4.90. The van der Waals surface area contributed by atoms with Gasteiger partial charge in [0.2, 0.25) is 11.8 Å². The summed E-state index contributed by atoms with van der Waals surface area (Å²) in [5, 5.41) is 2.89. The first-order valence-electron chi connectivity index (χ1n) is 12.6. The van der Waals surface area contributed by atoms with Crippen LogP contribution in [-0.2, 0) is 26.2 Å². The summed E-state index contributed by atoms with van der Waals surface area (Å²) in [6, 6.07) is 18.7. The summed E-state index contributed by atoms with van der Waals surface area (Å²) >= 11 is 0. The number of hydrogen-bond donors (Lipinski definition) is 1. The van der Waals surface area contributed by atoms with Gasteiger partial charge in [-0.3, -0.25) is 13.9 Å². The highest BCUT2D eigenvalue weighted by molar-refractivity contribution is 7.92. The number of anilines is 1. The van der Waals surface area contributed by atoms with E-state index in [1.807, 2.05) is 44.2 Å². The van der Waals surface area contributed by atoms with E-state index in [4.69, 9.17) is 4.74 Å². The van der Waals surface area contributed by atoms with Gasteiger partial charge in [0.1, 0.15) is 24.2 Å². The Bertz CT molecular complexity index is 1350. The van der Waals surface area contributed by atoms with Gasteiger partial charge in [-0.2, -0.15) is 0 Å². The van der Waals surface area contributed by atoms with E-state index in [2.05, 4.69) is 5.32 Å². The van der Waals surface area contributed by atoms with Crippen molar-refractivity contribution in [1.82, 2.24) is 10.2 Å². The van der Waals surface area contributed by atoms with Crippen LogP contribution in [0, 0.1) is 5.82 Å². The summed E-state index contributed by atoms with van der Waals surface area (Å²) in [5.74, 6) is -1.02. The minimum atomic E-state index is -4.26. The zero-order valence-corrected chi connectivity index (χ0v) is 23.3. The van der Waals surface area contributed by atoms with Crippen LogP contribution in [0.1, 0.15) is 32.8 Å². The van der Waals surface area contributed by atoms with Crippen molar-refractivity contribution < 1.29 is 27.1 Å². The Balaban J connectivity index is 2.00. The van der Waals surface area contributed by atoms with Crippen molar-refractivity contribution in [3.8, 4) is 5.75 Å². The number of hydrogen-bond acceptors (Lipinski definition) is 5. The van der Waals surface area contributed by atoms with E-state index in [-0.39, 0.29) is 29.1 Å². The van der Waals surface area contributed by atoms with Gasteiger partial charge >= 0.3 is 0 Å². The zero-order chi connectivity index (χ0) is 28.6. The average Bonchev–Trinajstić information content (AvgIpc) is 2.95. The van der Waals surface area contributed by atoms with Crippen molar-refractivity contribution >= 4 is 27.5 Å². The average molecular weight is 556 g/mol. The second-order valence-electron chi connectivity index (χ2n) is 9.16. The fourth-order valence-corrected chi connectivity index (χ4v) is 5.25. The Morgan fingerprint density at radius 3 is 2.13 bits per heavy atom. The molecule has 0 aliphatic heterocycles. The van der Waals surface area contributed by atoms with Gasteiger partial charge < -0.3 is 15.0 Å². The molecule has 0 aliphatic rings. The maximum Gasteiger partial charge on any atom is 0.264 e. The molecule has 10 heteroatoms. The summed E-state index contributed by atoms with van der Waals surface area (Å²) in [4.78, 5) is 28.1. The molecule has 2 amide bonds.